The third kappa shape index (κ3) is 2.46. The molecular formula is C11H17NO. The third-order valence-electron chi connectivity index (χ3n) is 2.21. The van der Waals surface area contributed by atoms with Gasteiger partial charge in [0.2, 0.25) is 0 Å². The highest BCUT2D eigenvalue weighted by atomic mass is 16.3. The Morgan fingerprint density at radius 3 is 2.54 bits per heavy atom. The molecule has 13 heavy (non-hydrogen) atoms. The minimum absolute atomic E-state index is 0.210. The number of nitrogens with zero attached hydrogens (tertiary/aromatic N) is 1. The summed E-state index contributed by atoms with van der Waals surface area (Å²) in [5, 5.41) is 8.88. The van der Waals surface area contributed by atoms with Crippen molar-refractivity contribution >= 4 is 5.69 Å². The van der Waals surface area contributed by atoms with Crippen molar-refractivity contribution in [1.82, 2.24) is 0 Å². The zero-order chi connectivity index (χ0) is 9.68. The molecule has 1 rings (SSSR count). The minimum atomic E-state index is 0.210. The Balaban J connectivity index is 2.84. The second-order valence-corrected chi connectivity index (χ2v) is 3.09. The van der Waals surface area contributed by atoms with E-state index in [-0.39, 0.29) is 6.61 Å². The fourth-order valence-electron chi connectivity index (χ4n) is 1.49. The van der Waals surface area contributed by atoms with Gasteiger partial charge in [-0.25, -0.2) is 0 Å². The van der Waals surface area contributed by atoms with Gasteiger partial charge in [-0.3, -0.25) is 0 Å². The molecule has 0 aliphatic heterocycles. The van der Waals surface area contributed by atoms with Crippen LogP contribution in [0.15, 0.2) is 24.3 Å². The van der Waals surface area contributed by atoms with E-state index in [2.05, 4.69) is 30.9 Å². The molecule has 1 N–H and O–H groups in total. The van der Waals surface area contributed by atoms with Gasteiger partial charge in [-0.15, -0.1) is 0 Å². The van der Waals surface area contributed by atoms with E-state index in [0.29, 0.717) is 6.54 Å². The zero-order valence-corrected chi connectivity index (χ0v) is 8.33. The lowest BCUT2D eigenvalue weighted by Crippen LogP contribution is -2.26. The summed E-state index contributed by atoms with van der Waals surface area (Å²) in [6.45, 7) is 6.05. The third-order valence-corrected chi connectivity index (χ3v) is 2.21. The molecule has 0 radical (unpaired) electrons. The van der Waals surface area contributed by atoms with Crippen LogP contribution in [0.1, 0.15) is 12.5 Å². The number of anilines is 1. The van der Waals surface area contributed by atoms with E-state index < -0.39 is 0 Å². The summed E-state index contributed by atoms with van der Waals surface area (Å²) in [5.41, 5.74) is 2.48. The Morgan fingerprint density at radius 2 is 2.00 bits per heavy atom. The van der Waals surface area contributed by atoms with E-state index >= 15 is 0 Å². The number of likely N-dealkylation sites (N-methyl/N-ethyl adjacent to an activating group) is 1. The highest BCUT2D eigenvalue weighted by Gasteiger charge is 2.04. The van der Waals surface area contributed by atoms with Crippen molar-refractivity contribution in [3.05, 3.63) is 29.8 Å². The molecule has 0 fully saturated rings. The maximum absolute atomic E-state index is 8.88. The summed E-state index contributed by atoms with van der Waals surface area (Å²) in [6, 6.07) is 8.25. The molecular weight excluding hydrogens is 162 g/mol. The smallest absolute Gasteiger partial charge is 0.0606 e. The van der Waals surface area contributed by atoms with E-state index in [0.717, 1.165) is 6.54 Å². The number of aryl methyl sites for hydroxylation is 1. The van der Waals surface area contributed by atoms with E-state index in [1.54, 1.807) is 0 Å². The summed E-state index contributed by atoms with van der Waals surface area (Å²) in [4.78, 5) is 2.18. The van der Waals surface area contributed by atoms with E-state index in [1.165, 1.54) is 11.3 Å². The lowest BCUT2D eigenvalue weighted by Gasteiger charge is -2.23. The number of hydrogen-bond donors (Lipinski definition) is 1. The number of aliphatic hydroxyl groups is 1. The Labute approximate surface area is 79.8 Å². The molecule has 0 aliphatic carbocycles. The van der Waals surface area contributed by atoms with Crippen LogP contribution >= 0.6 is 0 Å². The second-order valence-electron chi connectivity index (χ2n) is 3.09. The molecule has 2 heteroatoms. The number of benzene rings is 1. The van der Waals surface area contributed by atoms with E-state index in [1.807, 2.05) is 12.1 Å². The SMILES string of the molecule is CCN(CCO)c1ccccc1C. The molecule has 72 valence electrons. The number of rotatable bonds is 4. The van der Waals surface area contributed by atoms with Gasteiger partial charge in [0.05, 0.1) is 6.61 Å². The number of aliphatic hydroxyl groups excluding tert-OH is 1. The number of hydrogen-bond acceptors (Lipinski definition) is 2. The first-order valence-corrected chi connectivity index (χ1v) is 4.71. The van der Waals surface area contributed by atoms with Crippen molar-refractivity contribution in [3.8, 4) is 0 Å². The molecule has 0 aliphatic rings. The summed E-state index contributed by atoms with van der Waals surface area (Å²) in [5.74, 6) is 0. The maximum atomic E-state index is 8.88. The molecule has 1 aromatic rings. The van der Waals surface area contributed by atoms with Crippen molar-refractivity contribution in [3.63, 3.8) is 0 Å². The first-order chi connectivity index (χ1) is 6.29. The monoisotopic (exact) mass is 179 g/mol. The lowest BCUT2D eigenvalue weighted by molar-refractivity contribution is 0.302. The largest absolute Gasteiger partial charge is 0.395 e. The molecule has 0 bridgehead atoms. The average Bonchev–Trinajstić information content (AvgIpc) is 2.16. The van der Waals surface area contributed by atoms with Gasteiger partial charge >= 0.3 is 0 Å². The normalized spacial score (nSPS) is 10.1. The average molecular weight is 179 g/mol. The Bertz CT molecular complexity index is 260. The molecule has 0 saturated heterocycles. The van der Waals surface area contributed by atoms with Crippen LogP contribution in [-0.2, 0) is 0 Å². The quantitative estimate of drug-likeness (QED) is 0.762. The van der Waals surface area contributed by atoms with E-state index in [4.69, 9.17) is 5.11 Å². The zero-order valence-electron chi connectivity index (χ0n) is 8.33. The van der Waals surface area contributed by atoms with Crippen molar-refractivity contribution in [2.45, 2.75) is 13.8 Å². The van der Waals surface area contributed by atoms with Crippen LogP contribution in [0.2, 0.25) is 0 Å². The van der Waals surface area contributed by atoms with Crippen LogP contribution < -0.4 is 4.90 Å². The van der Waals surface area contributed by atoms with Crippen LogP contribution in [0.25, 0.3) is 0 Å². The predicted octanol–water partition coefficient (Wildman–Crippen LogP) is 1.81. The van der Waals surface area contributed by atoms with Gasteiger partial charge in [0.15, 0.2) is 0 Å². The molecule has 0 aromatic heterocycles. The van der Waals surface area contributed by atoms with Crippen molar-refractivity contribution in [2.75, 3.05) is 24.6 Å². The van der Waals surface area contributed by atoms with Crippen molar-refractivity contribution < 1.29 is 5.11 Å². The van der Waals surface area contributed by atoms with Crippen molar-refractivity contribution in [1.29, 1.82) is 0 Å². The molecule has 0 heterocycles. The fraction of sp³-hybridized carbons (Fsp3) is 0.455. The number of para-hydroxylation sites is 1. The summed E-state index contributed by atoms with van der Waals surface area (Å²) in [7, 11) is 0. The molecule has 0 spiro atoms. The molecule has 1 aromatic carbocycles. The van der Waals surface area contributed by atoms with Crippen LogP contribution in [0.5, 0.6) is 0 Å². The van der Waals surface area contributed by atoms with Crippen LogP contribution in [0.3, 0.4) is 0 Å². The van der Waals surface area contributed by atoms with Crippen LogP contribution in [0, 0.1) is 6.92 Å². The van der Waals surface area contributed by atoms with Crippen LogP contribution in [0.4, 0.5) is 5.69 Å². The predicted molar refractivity (Wildman–Crippen MR) is 56.2 cm³/mol. The Hall–Kier alpha value is -1.02. The Morgan fingerprint density at radius 1 is 1.31 bits per heavy atom. The summed E-state index contributed by atoms with van der Waals surface area (Å²) in [6.07, 6.45) is 0. The molecule has 0 unspecified atom stereocenters. The molecule has 0 amide bonds. The second kappa shape index (κ2) is 4.87. The maximum Gasteiger partial charge on any atom is 0.0606 e. The van der Waals surface area contributed by atoms with Gasteiger partial charge < -0.3 is 10.0 Å². The van der Waals surface area contributed by atoms with Gasteiger partial charge in [-0.1, -0.05) is 18.2 Å². The standard InChI is InChI=1S/C11H17NO/c1-3-12(8-9-13)11-7-5-4-6-10(11)2/h4-7,13H,3,8-9H2,1-2H3. The summed E-state index contributed by atoms with van der Waals surface area (Å²) < 4.78 is 0. The highest BCUT2D eigenvalue weighted by Crippen LogP contribution is 2.18. The fourth-order valence-corrected chi connectivity index (χ4v) is 1.49. The molecule has 2 nitrogen and oxygen atoms in total. The van der Waals surface area contributed by atoms with Crippen LogP contribution in [-0.4, -0.2) is 24.8 Å². The lowest BCUT2D eigenvalue weighted by atomic mass is 10.2. The van der Waals surface area contributed by atoms with Gasteiger partial charge in [-0.05, 0) is 25.5 Å². The minimum Gasteiger partial charge on any atom is -0.395 e. The van der Waals surface area contributed by atoms with Gasteiger partial charge in [0.1, 0.15) is 0 Å². The van der Waals surface area contributed by atoms with Gasteiger partial charge in [0.25, 0.3) is 0 Å². The summed E-state index contributed by atoms with van der Waals surface area (Å²) >= 11 is 0. The van der Waals surface area contributed by atoms with E-state index in [9.17, 15) is 0 Å². The van der Waals surface area contributed by atoms with Crippen molar-refractivity contribution in [2.24, 2.45) is 0 Å². The van der Waals surface area contributed by atoms with Gasteiger partial charge in [0, 0.05) is 18.8 Å². The molecule has 0 saturated carbocycles. The first kappa shape index (κ1) is 10.1. The highest BCUT2D eigenvalue weighted by molar-refractivity contribution is 5.52. The Kier molecular flexibility index (Phi) is 3.77. The van der Waals surface area contributed by atoms with Gasteiger partial charge in [-0.2, -0.15) is 0 Å². The topological polar surface area (TPSA) is 23.5 Å². The first-order valence-electron chi connectivity index (χ1n) is 4.71. The molecule has 0 atom stereocenters.